The highest BCUT2D eigenvalue weighted by atomic mass is 32.2. The van der Waals surface area contributed by atoms with Crippen LogP contribution < -0.4 is 5.32 Å². The number of nitrogens with one attached hydrogen (secondary N) is 1. The molecule has 2 unspecified atom stereocenters. The summed E-state index contributed by atoms with van der Waals surface area (Å²) in [5, 5.41) is 12.3. The van der Waals surface area contributed by atoms with Crippen LogP contribution >= 0.6 is 11.8 Å². The first-order chi connectivity index (χ1) is 9.24. The summed E-state index contributed by atoms with van der Waals surface area (Å²) in [7, 11) is 0. The number of aliphatic hydroxyl groups excluding tert-OH is 1. The molecule has 4 heteroatoms. The van der Waals surface area contributed by atoms with E-state index < -0.39 is 0 Å². The van der Waals surface area contributed by atoms with E-state index in [9.17, 15) is 9.90 Å². The number of hydrogen-bond donors (Lipinski definition) is 2. The zero-order valence-electron chi connectivity index (χ0n) is 11.3. The van der Waals surface area contributed by atoms with E-state index in [1.54, 1.807) is 11.8 Å². The molecule has 0 radical (unpaired) electrons. The molecular formula is C15H21NO2S. The molecule has 0 bridgehead atoms. The highest BCUT2D eigenvalue weighted by Crippen LogP contribution is 2.25. The molecule has 2 N–H and O–H groups in total. The third kappa shape index (κ3) is 3.74. The van der Waals surface area contributed by atoms with Gasteiger partial charge in [0, 0.05) is 29.9 Å². The van der Waals surface area contributed by atoms with E-state index in [1.807, 2.05) is 24.3 Å². The van der Waals surface area contributed by atoms with Crippen molar-refractivity contribution >= 4 is 17.7 Å². The van der Waals surface area contributed by atoms with Gasteiger partial charge in [0.25, 0.3) is 5.91 Å². The third-order valence-corrected chi connectivity index (χ3v) is 4.36. The number of thioether (sulfide) groups is 1. The lowest BCUT2D eigenvalue weighted by Crippen LogP contribution is -2.38. The lowest BCUT2D eigenvalue weighted by molar-refractivity contribution is 0.0916. The van der Waals surface area contributed by atoms with Crippen molar-refractivity contribution < 1.29 is 9.90 Å². The van der Waals surface area contributed by atoms with E-state index >= 15 is 0 Å². The summed E-state index contributed by atoms with van der Waals surface area (Å²) in [6.45, 7) is 0.164. The van der Waals surface area contributed by atoms with E-state index in [0.717, 1.165) is 25.0 Å². The molecule has 1 aromatic carbocycles. The molecule has 1 aromatic rings. The van der Waals surface area contributed by atoms with E-state index in [-0.39, 0.29) is 24.5 Å². The van der Waals surface area contributed by atoms with Crippen molar-refractivity contribution in [2.45, 2.75) is 31.1 Å². The van der Waals surface area contributed by atoms with Gasteiger partial charge in [0.05, 0.1) is 0 Å². The molecule has 1 saturated carbocycles. The molecule has 2 atom stereocenters. The second-order valence-electron chi connectivity index (χ2n) is 5.08. The van der Waals surface area contributed by atoms with Gasteiger partial charge in [-0.1, -0.05) is 18.6 Å². The first-order valence-corrected chi connectivity index (χ1v) is 8.13. The maximum atomic E-state index is 12.1. The van der Waals surface area contributed by atoms with Crippen molar-refractivity contribution in [1.29, 1.82) is 0 Å². The molecule has 0 saturated heterocycles. The summed E-state index contributed by atoms with van der Waals surface area (Å²) in [4.78, 5) is 12.1. The lowest BCUT2D eigenvalue weighted by Gasteiger charge is -2.19. The van der Waals surface area contributed by atoms with Crippen LogP contribution in [0.5, 0.6) is 0 Å². The zero-order valence-corrected chi connectivity index (χ0v) is 12.1. The molecule has 19 heavy (non-hydrogen) atoms. The highest BCUT2D eigenvalue weighted by Gasteiger charge is 2.27. The highest BCUT2D eigenvalue weighted by molar-refractivity contribution is 7.97. The molecule has 0 aliphatic heterocycles. The minimum absolute atomic E-state index is 0.0268. The summed E-state index contributed by atoms with van der Waals surface area (Å²) < 4.78 is 0. The molecule has 1 fully saturated rings. The van der Waals surface area contributed by atoms with Gasteiger partial charge in [-0.2, -0.15) is 11.8 Å². The number of rotatable bonds is 5. The summed E-state index contributed by atoms with van der Waals surface area (Å²) in [6, 6.07) is 7.89. The summed E-state index contributed by atoms with van der Waals surface area (Å²) in [5.74, 6) is 1.16. The Kier molecular flexibility index (Phi) is 5.28. The van der Waals surface area contributed by atoms with Gasteiger partial charge >= 0.3 is 0 Å². The third-order valence-electron chi connectivity index (χ3n) is 3.74. The Morgan fingerprint density at radius 1 is 1.37 bits per heavy atom. The largest absolute Gasteiger partial charge is 0.396 e. The van der Waals surface area contributed by atoms with E-state index in [0.29, 0.717) is 5.56 Å². The van der Waals surface area contributed by atoms with Crippen LogP contribution in [-0.4, -0.2) is 29.9 Å². The van der Waals surface area contributed by atoms with Gasteiger partial charge < -0.3 is 10.4 Å². The minimum atomic E-state index is -0.0268. The Morgan fingerprint density at radius 3 is 2.74 bits per heavy atom. The predicted molar refractivity (Wildman–Crippen MR) is 79.3 cm³/mol. The van der Waals surface area contributed by atoms with Crippen LogP contribution in [0.2, 0.25) is 0 Å². The van der Waals surface area contributed by atoms with Crippen LogP contribution in [0.3, 0.4) is 0 Å². The Morgan fingerprint density at radius 2 is 2.11 bits per heavy atom. The average molecular weight is 279 g/mol. The predicted octanol–water partition coefficient (Wildman–Crippen LogP) is 2.44. The number of aliphatic hydroxyl groups is 1. The Bertz CT molecular complexity index is 419. The van der Waals surface area contributed by atoms with Crippen molar-refractivity contribution in [3.8, 4) is 0 Å². The summed E-state index contributed by atoms with van der Waals surface area (Å²) >= 11 is 1.77. The molecule has 104 valence electrons. The number of benzene rings is 1. The molecule has 0 spiro atoms. The molecule has 2 rings (SSSR count). The molecule has 1 aliphatic carbocycles. The van der Waals surface area contributed by atoms with E-state index in [2.05, 4.69) is 11.6 Å². The minimum Gasteiger partial charge on any atom is -0.396 e. The first-order valence-electron chi connectivity index (χ1n) is 6.74. The fraction of sp³-hybridized carbons (Fsp3) is 0.533. The first kappa shape index (κ1) is 14.4. The van der Waals surface area contributed by atoms with Crippen molar-refractivity contribution in [3.63, 3.8) is 0 Å². The van der Waals surface area contributed by atoms with Crippen LogP contribution in [0.4, 0.5) is 0 Å². The summed E-state index contributed by atoms with van der Waals surface area (Å²) in [5.41, 5.74) is 1.94. The van der Waals surface area contributed by atoms with Crippen LogP contribution in [0.1, 0.15) is 35.2 Å². The normalized spacial score (nSPS) is 22.4. The molecule has 0 aromatic heterocycles. The Hall–Kier alpha value is -1.00. The number of amides is 1. The van der Waals surface area contributed by atoms with Crippen molar-refractivity contribution in [2.24, 2.45) is 5.92 Å². The monoisotopic (exact) mass is 279 g/mol. The quantitative estimate of drug-likeness (QED) is 0.870. The van der Waals surface area contributed by atoms with Gasteiger partial charge in [0.2, 0.25) is 0 Å². The number of carbonyl (C=O) groups is 1. The maximum absolute atomic E-state index is 12.1. The zero-order chi connectivity index (χ0) is 13.7. The fourth-order valence-corrected chi connectivity index (χ4v) is 3.14. The second-order valence-corrected chi connectivity index (χ2v) is 5.95. The molecule has 1 amide bonds. The molecule has 1 aliphatic rings. The van der Waals surface area contributed by atoms with E-state index in [4.69, 9.17) is 0 Å². The lowest BCUT2D eigenvalue weighted by atomic mass is 10.0. The fourth-order valence-electron chi connectivity index (χ4n) is 2.62. The molecule has 3 nitrogen and oxygen atoms in total. The average Bonchev–Trinajstić information content (AvgIpc) is 2.87. The van der Waals surface area contributed by atoms with Crippen molar-refractivity contribution in [3.05, 3.63) is 35.4 Å². The van der Waals surface area contributed by atoms with Crippen LogP contribution in [0, 0.1) is 5.92 Å². The van der Waals surface area contributed by atoms with Gasteiger partial charge in [-0.05, 0) is 36.8 Å². The van der Waals surface area contributed by atoms with Gasteiger partial charge in [0.1, 0.15) is 0 Å². The molecular weight excluding hydrogens is 258 g/mol. The Labute approximate surface area is 118 Å². The van der Waals surface area contributed by atoms with Crippen molar-refractivity contribution in [1.82, 2.24) is 5.32 Å². The number of carbonyl (C=O) groups excluding carboxylic acids is 1. The molecule has 0 heterocycles. The van der Waals surface area contributed by atoms with Gasteiger partial charge in [-0.15, -0.1) is 0 Å². The SMILES string of the molecule is CSCc1ccc(C(=O)NC2CCCC2CO)cc1. The van der Waals surface area contributed by atoms with E-state index in [1.165, 1.54) is 5.56 Å². The summed E-state index contributed by atoms with van der Waals surface area (Å²) in [6.07, 6.45) is 5.13. The second kappa shape index (κ2) is 6.96. The topological polar surface area (TPSA) is 49.3 Å². The van der Waals surface area contributed by atoms with Gasteiger partial charge in [-0.3, -0.25) is 4.79 Å². The van der Waals surface area contributed by atoms with Gasteiger partial charge in [-0.25, -0.2) is 0 Å². The van der Waals surface area contributed by atoms with Crippen molar-refractivity contribution in [2.75, 3.05) is 12.9 Å². The van der Waals surface area contributed by atoms with Gasteiger partial charge in [0.15, 0.2) is 0 Å². The standard InChI is InChI=1S/C15H21NO2S/c1-19-10-11-5-7-12(8-6-11)15(18)16-14-4-2-3-13(14)9-17/h5-8,13-14,17H,2-4,9-10H2,1H3,(H,16,18). The van der Waals surface area contributed by atoms with Crippen LogP contribution in [-0.2, 0) is 5.75 Å². The Balaban J connectivity index is 1.95. The maximum Gasteiger partial charge on any atom is 0.251 e. The number of hydrogen-bond acceptors (Lipinski definition) is 3. The van der Waals surface area contributed by atoms with Crippen LogP contribution in [0.25, 0.3) is 0 Å². The van der Waals surface area contributed by atoms with Crippen LogP contribution in [0.15, 0.2) is 24.3 Å². The smallest absolute Gasteiger partial charge is 0.251 e.